The van der Waals surface area contributed by atoms with Gasteiger partial charge >= 0.3 is 0 Å². The molecule has 6 nitrogen and oxygen atoms in total. The third-order valence-electron chi connectivity index (χ3n) is 5.28. The molecule has 152 valence electrons. The van der Waals surface area contributed by atoms with Gasteiger partial charge in [-0.25, -0.2) is 0 Å². The Bertz CT molecular complexity index is 600. The van der Waals surface area contributed by atoms with Crippen LogP contribution in [0, 0.1) is 13.8 Å². The lowest BCUT2D eigenvalue weighted by Crippen LogP contribution is -2.47. The van der Waals surface area contributed by atoms with Crippen LogP contribution in [-0.4, -0.2) is 81.4 Å². The van der Waals surface area contributed by atoms with Crippen molar-refractivity contribution in [2.24, 2.45) is 4.99 Å². The Morgan fingerprint density at radius 3 is 2.59 bits per heavy atom. The van der Waals surface area contributed by atoms with Crippen LogP contribution in [0.3, 0.4) is 0 Å². The molecule has 2 saturated heterocycles. The average molecular weight is 488 g/mol. The zero-order chi connectivity index (χ0) is 18.4. The van der Waals surface area contributed by atoms with Crippen molar-refractivity contribution < 1.29 is 9.47 Å². The van der Waals surface area contributed by atoms with Gasteiger partial charge in [0.2, 0.25) is 0 Å². The number of aliphatic imine (C=N–C) groups is 1. The number of likely N-dealkylation sites (tertiary alicyclic amines) is 1. The highest BCUT2D eigenvalue weighted by molar-refractivity contribution is 14.0. The second kappa shape index (κ2) is 11.1. The van der Waals surface area contributed by atoms with E-state index in [1.165, 1.54) is 17.5 Å². The molecule has 3 rings (SSSR count). The summed E-state index contributed by atoms with van der Waals surface area (Å²) in [7, 11) is 1.86. The van der Waals surface area contributed by atoms with E-state index >= 15 is 0 Å². The third-order valence-corrected chi connectivity index (χ3v) is 5.28. The number of aryl methyl sites for hydroxylation is 2. The Morgan fingerprint density at radius 1 is 1.22 bits per heavy atom. The average Bonchev–Trinajstić information content (AvgIpc) is 3.14. The van der Waals surface area contributed by atoms with Crippen molar-refractivity contribution in [2.45, 2.75) is 26.3 Å². The number of halogens is 1. The highest BCUT2D eigenvalue weighted by Gasteiger charge is 2.30. The number of rotatable bonds is 5. The number of guanidine groups is 1. The Labute approximate surface area is 180 Å². The molecule has 2 aliphatic heterocycles. The molecule has 1 N–H and O–H groups in total. The summed E-state index contributed by atoms with van der Waals surface area (Å²) in [6, 6.07) is 6.86. The number of nitrogens with zero attached hydrogens (tertiary/aromatic N) is 3. The topological polar surface area (TPSA) is 49.3 Å². The molecule has 0 amide bonds. The fourth-order valence-electron chi connectivity index (χ4n) is 3.85. The number of hydrogen-bond acceptors (Lipinski definition) is 4. The van der Waals surface area contributed by atoms with E-state index in [1.807, 2.05) is 7.05 Å². The van der Waals surface area contributed by atoms with E-state index in [1.54, 1.807) is 0 Å². The molecule has 0 spiro atoms. The van der Waals surface area contributed by atoms with E-state index in [0.29, 0.717) is 12.6 Å². The molecule has 1 aromatic rings. The molecular formula is C20H33IN4O2. The third kappa shape index (κ3) is 5.96. The van der Waals surface area contributed by atoms with Gasteiger partial charge in [-0.05, 0) is 31.4 Å². The van der Waals surface area contributed by atoms with Gasteiger partial charge in [-0.3, -0.25) is 9.89 Å². The highest BCUT2D eigenvalue weighted by Crippen LogP contribution is 2.22. The monoisotopic (exact) mass is 488 g/mol. The molecule has 1 unspecified atom stereocenters. The predicted octanol–water partition coefficient (Wildman–Crippen LogP) is 2.28. The number of ether oxygens (including phenoxy) is 2. The van der Waals surface area contributed by atoms with Crippen molar-refractivity contribution in [3.05, 3.63) is 29.3 Å². The first-order chi connectivity index (χ1) is 12.7. The maximum absolute atomic E-state index is 5.98. The maximum Gasteiger partial charge on any atom is 0.193 e. The molecule has 1 aromatic carbocycles. The normalized spacial score (nSPS) is 21.1. The van der Waals surface area contributed by atoms with Crippen LogP contribution in [0.15, 0.2) is 23.2 Å². The van der Waals surface area contributed by atoms with Crippen molar-refractivity contribution in [2.75, 3.05) is 59.6 Å². The van der Waals surface area contributed by atoms with Gasteiger partial charge in [0.15, 0.2) is 5.96 Å². The molecule has 1 atom stereocenters. The Balaban J connectivity index is 0.00000261. The van der Waals surface area contributed by atoms with Crippen molar-refractivity contribution >= 4 is 29.9 Å². The van der Waals surface area contributed by atoms with Crippen molar-refractivity contribution in [1.82, 2.24) is 15.1 Å². The van der Waals surface area contributed by atoms with Gasteiger partial charge < -0.3 is 19.7 Å². The number of nitrogens with one attached hydrogen (secondary N) is 1. The zero-order valence-corrected chi connectivity index (χ0v) is 19.1. The van der Waals surface area contributed by atoms with Gasteiger partial charge in [-0.2, -0.15) is 0 Å². The molecule has 0 bridgehead atoms. The fourth-order valence-corrected chi connectivity index (χ4v) is 3.85. The number of morpholine rings is 1. The summed E-state index contributed by atoms with van der Waals surface area (Å²) in [4.78, 5) is 9.38. The van der Waals surface area contributed by atoms with E-state index in [4.69, 9.17) is 9.47 Å². The molecule has 0 aromatic heterocycles. The second-order valence-corrected chi connectivity index (χ2v) is 7.08. The van der Waals surface area contributed by atoms with E-state index in [0.717, 1.165) is 57.6 Å². The van der Waals surface area contributed by atoms with Crippen LogP contribution in [0.4, 0.5) is 0 Å². The molecule has 0 aliphatic carbocycles. The van der Waals surface area contributed by atoms with E-state index in [9.17, 15) is 0 Å². The lowest BCUT2D eigenvalue weighted by Gasteiger charge is -2.32. The summed E-state index contributed by atoms with van der Waals surface area (Å²) < 4.78 is 11.5. The molecular weight excluding hydrogens is 455 g/mol. The van der Waals surface area contributed by atoms with Crippen LogP contribution >= 0.6 is 24.0 Å². The molecule has 7 heteroatoms. The van der Waals surface area contributed by atoms with Gasteiger partial charge in [0.05, 0.1) is 19.8 Å². The van der Waals surface area contributed by atoms with Crippen molar-refractivity contribution in [3.8, 4) is 5.75 Å². The minimum absolute atomic E-state index is 0. The van der Waals surface area contributed by atoms with Gasteiger partial charge in [-0.15, -0.1) is 24.0 Å². The molecule has 0 radical (unpaired) electrons. The lowest BCUT2D eigenvalue weighted by molar-refractivity contribution is 0.0195. The summed E-state index contributed by atoms with van der Waals surface area (Å²) in [5.41, 5.74) is 2.37. The highest BCUT2D eigenvalue weighted by atomic mass is 127. The summed E-state index contributed by atoms with van der Waals surface area (Å²) in [6.07, 6.45) is 1.19. The summed E-state index contributed by atoms with van der Waals surface area (Å²) in [5, 5.41) is 3.45. The van der Waals surface area contributed by atoms with Crippen molar-refractivity contribution in [3.63, 3.8) is 0 Å². The van der Waals surface area contributed by atoms with E-state index < -0.39 is 0 Å². The smallest absolute Gasteiger partial charge is 0.193 e. The lowest BCUT2D eigenvalue weighted by atomic mass is 10.1. The second-order valence-electron chi connectivity index (χ2n) is 7.08. The number of benzene rings is 1. The minimum Gasteiger partial charge on any atom is -0.491 e. The van der Waals surface area contributed by atoms with E-state index in [2.05, 4.69) is 52.2 Å². The summed E-state index contributed by atoms with van der Waals surface area (Å²) in [6.45, 7) is 11.5. The molecule has 27 heavy (non-hydrogen) atoms. The van der Waals surface area contributed by atoms with Gasteiger partial charge in [0, 0.05) is 39.3 Å². The molecule has 2 heterocycles. The zero-order valence-electron chi connectivity index (χ0n) is 16.7. The SMILES string of the molecule is CN=C(NCCOc1c(C)cccc1C)N1CCC(N2CCOCC2)C1.I. The van der Waals surface area contributed by atoms with Gasteiger partial charge in [0.1, 0.15) is 12.4 Å². The summed E-state index contributed by atoms with van der Waals surface area (Å²) >= 11 is 0. The molecule has 0 saturated carbocycles. The van der Waals surface area contributed by atoms with Crippen molar-refractivity contribution in [1.29, 1.82) is 0 Å². The quantitative estimate of drug-likeness (QED) is 0.299. The maximum atomic E-state index is 5.98. The van der Waals surface area contributed by atoms with Gasteiger partial charge in [0.25, 0.3) is 0 Å². The standard InChI is InChI=1S/C20H32N4O2.HI/c1-16-5-4-6-17(2)19(16)26-12-8-22-20(21-3)24-9-7-18(15-24)23-10-13-25-14-11-23;/h4-6,18H,7-15H2,1-3H3,(H,21,22);1H. The largest absolute Gasteiger partial charge is 0.491 e. The summed E-state index contributed by atoms with van der Waals surface area (Å²) in [5.74, 6) is 1.98. The Morgan fingerprint density at radius 2 is 1.93 bits per heavy atom. The fraction of sp³-hybridized carbons (Fsp3) is 0.650. The van der Waals surface area contributed by atoms with Crippen LogP contribution in [-0.2, 0) is 4.74 Å². The van der Waals surface area contributed by atoms with Crippen LogP contribution in [0.25, 0.3) is 0 Å². The predicted molar refractivity (Wildman–Crippen MR) is 121 cm³/mol. The van der Waals surface area contributed by atoms with Gasteiger partial charge in [-0.1, -0.05) is 18.2 Å². The van der Waals surface area contributed by atoms with Crippen LogP contribution in [0.5, 0.6) is 5.75 Å². The first-order valence-corrected chi connectivity index (χ1v) is 9.65. The van der Waals surface area contributed by atoms with E-state index in [-0.39, 0.29) is 24.0 Å². The molecule has 2 aliphatic rings. The number of para-hydroxylation sites is 1. The first kappa shape index (κ1) is 22.2. The first-order valence-electron chi connectivity index (χ1n) is 9.65. The van der Waals surface area contributed by atoms with Crippen LogP contribution in [0.1, 0.15) is 17.5 Å². The number of hydrogen-bond donors (Lipinski definition) is 1. The molecule has 2 fully saturated rings. The minimum atomic E-state index is 0. The Hall–Kier alpha value is -1.06. The Kier molecular flexibility index (Phi) is 9.11. The van der Waals surface area contributed by atoms with Crippen LogP contribution < -0.4 is 10.1 Å². The van der Waals surface area contributed by atoms with Crippen LogP contribution in [0.2, 0.25) is 0 Å².